The third kappa shape index (κ3) is 2.94. The average molecular weight is 440 g/mol. The van der Waals surface area contributed by atoms with Gasteiger partial charge in [0, 0.05) is 13.4 Å². The highest BCUT2D eigenvalue weighted by atomic mass is 35.5. The van der Waals surface area contributed by atoms with Crippen LogP contribution in [0.4, 0.5) is 18.9 Å². The number of allylic oxidation sites excluding steroid dienone is 1. The van der Waals surface area contributed by atoms with E-state index in [1.165, 1.54) is 13.4 Å². The van der Waals surface area contributed by atoms with Crippen LogP contribution in [0.3, 0.4) is 0 Å². The first-order valence-electron chi connectivity index (χ1n) is 7.39. The molecule has 0 spiro atoms. The molecule has 2 aliphatic rings. The summed E-state index contributed by atoms with van der Waals surface area (Å²) < 4.78 is 56.2. The summed E-state index contributed by atoms with van der Waals surface area (Å²) in [6.45, 7) is 0.197. The van der Waals surface area contributed by atoms with Crippen LogP contribution < -0.4 is 9.91 Å². The molecule has 1 saturated heterocycles. The molecule has 0 radical (unpaired) electrons. The van der Waals surface area contributed by atoms with E-state index < -0.39 is 33.4 Å². The normalized spacial score (nSPS) is 25.7. The van der Waals surface area contributed by atoms with E-state index in [0.717, 1.165) is 12.1 Å². The van der Waals surface area contributed by atoms with Crippen molar-refractivity contribution in [3.8, 4) is 6.07 Å². The van der Waals surface area contributed by atoms with Crippen LogP contribution in [0.1, 0.15) is 5.56 Å². The van der Waals surface area contributed by atoms with Gasteiger partial charge in [-0.05, 0) is 12.1 Å². The molecule has 0 saturated carbocycles. The van der Waals surface area contributed by atoms with Crippen LogP contribution in [0.2, 0.25) is 10.0 Å². The number of hydrogen-bond acceptors (Lipinski definition) is 5. The third-order valence-corrected chi connectivity index (χ3v) is 5.78. The summed E-state index contributed by atoms with van der Waals surface area (Å²) in [6.07, 6.45) is -4.06. The predicted molar refractivity (Wildman–Crippen MR) is 96.2 cm³/mol. The van der Waals surface area contributed by atoms with Crippen molar-refractivity contribution in [2.75, 3.05) is 19.9 Å². The van der Waals surface area contributed by atoms with Crippen LogP contribution in [0.5, 0.6) is 0 Å². The van der Waals surface area contributed by atoms with E-state index in [0.29, 0.717) is 0 Å². The topological polar surface area (TPSA) is 74.5 Å². The second-order valence-corrected chi connectivity index (χ2v) is 7.87. The number of quaternary nitrogens is 1. The van der Waals surface area contributed by atoms with E-state index >= 15 is 0 Å². The van der Waals surface area contributed by atoms with Crippen molar-refractivity contribution in [1.82, 2.24) is 9.91 Å². The number of benzene rings is 1. The molecule has 1 aromatic carbocycles. The van der Waals surface area contributed by atoms with Crippen molar-refractivity contribution in [2.24, 2.45) is 5.10 Å². The molecule has 1 N–H and O–H groups in total. The Balaban J connectivity index is 2.36. The maximum atomic E-state index is 13.1. The lowest BCUT2D eigenvalue weighted by Crippen LogP contribution is -2.48. The molecule has 1 fully saturated rings. The molecule has 2 aliphatic heterocycles. The number of fused-ring (bicyclic) bond motifs is 1. The fraction of sp³-hybridized carbons (Fsp3) is 0.333. The number of hydrogen-bond donors (Lipinski definition) is 1. The molecule has 2 heterocycles. The highest BCUT2D eigenvalue weighted by Gasteiger charge is 2.59. The number of methoxy groups -OCH3 is 1. The van der Waals surface area contributed by atoms with Gasteiger partial charge in [-0.2, -0.15) is 18.4 Å². The van der Waals surface area contributed by atoms with Crippen LogP contribution in [0.15, 0.2) is 28.0 Å². The van der Waals surface area contributed by atoms with E-state index in [4.69, 9.17) is 27.9 Å². The molecular formula is C15H12Cl2F3N4O2S+. The lowest BCUT2D eigenvalue weighted by Gasteiger charge is -2.30. The van der Waals surface area contributed by atoms with Gasteiger partial charge in [-0.1, -0.05) is 32.9 Å². The summed E-state index contributed by atoms with van der Waals surface area (Å²) in [5.74, 6) is 0.239. The number of rotatable bonds is 3. The molecule has 3 atom stereocenters. The van der Waals surface area contributed by atoms with Gasteiger partial charge >= 0.3 is 6.18 Å². The third-order valence-electron chi connectivity index (χ3n) is 4.24. The van der Waals surface area contributed by atoms with E-state index in [2.05, 4.69) is 10.4 Å². The van der Waals surface area contributed by atoms with Gasteiger partial charge in [-0.3, -0.25) is 4.21 Å². The standard InChI is InChI=1S/C15H12Cl2F3N4O2S/c1-26-11-6-22-14-13(27(2)25)10(5-21)23-24(11,14)12-8(16)3-7(4-9(12)17)15(18,19)20/h3-4,11,22H,6H2,1-2H3/q+1. The quantitative estimate of drug-likeness (QED) is 0.732. The number of alkyl halides is 3. The van der Waals surface area contributed by atoms with Crippen molar-refractivity contribution >= 4 is 45.4 Å². The van der Waals surface area contributed by atoms with Crippen molar-refractivity contribution in [3.63, 3.8) is 0 Å². The minimum atomic E-state index is -4.64. The minimum Gasteiger partial charge on any atom is -0.329 e. The average Bonchev–Trinajstić information content (AvgIpc) is 3.06. The van der Waals surface area contributed by atoms with Gasteiger partial charge in [0.2, 0.25) is 17.6 Å². The van der Waals surface area contributed by atoms with Crippen LogP contribution in [-0.4, -0.2) is 36.1 Å². The zero-order valence-corrected chi connectivity index (χ0v) is 16.2. The molecule has 1 aromatic rings. The summed E-state index contributed by atoms with van der Waals surface area (Å²) in [5.41, 5.74) is -1.15. The molecule has 27 heavy (non-hydrogen) atoms. The number of halogens is 5. The lowest BCUT2D eigenvalue weighted by atomic mass is 10.1. The SMILES string of the molecule is COC1CNC2=C(S(C)=O)C(C#N)=N[N+]21c1c(Cl)cc(C(F)(F)F)cc1Cl. The van der Waals surface area contributed by atoms with Crippen LogP contribution >= 0.6 is 23.2 Å². The first-order chi connectivity index (χ1) is 12.6. The smallest absolute Gasteiger partial charge is 0.329 e. The summed E-state index contributed by atoms with van der Waals surface area (Å²) in [4.78, 5) is 0.129. The van der Waals surface area contributed by atoms with Gasteiger partial charge in [0.25, 0.3) is 5.82 Å². The van der Waals surface area contributed by atoms with Gasteiger partial charge in [-0.15, -0.1) is 0 Å². The molecule has 0 aliphatic carbocycles. The van der Waals surface area contributed by atoms with E-state index in [9.17, 15) is 22.6 Å². The Kier molecular flexibility index (Phi) is 5.03. The number of nitrogens with one attached hydrogen (secondary N) is 1. The maximum absolute atomic E-state index is 13.1. The van der Waals surface area contributed by atoms with E-state index in [1.807, 2.05) is 6.07 Å². The van der Waals surface area contributed by atoms with Gasteiger partial charge in [0.15, 0.2) is 4.91 Å². The number of nitriles is 1. The van der Waals surface area contributed by atoms with Crippen LogP contribution in [0.25, 0.3) is 0 Å². The molecular weight excluding hydrogens is 428 g/mol. The zero-order chi connectivity index (χ0) is 20.1. The Hall–Kier alpha value is -1.64. The van der Waals surface area contributed by atoms with Gasteiger partial charge in [-0.25, -0.2) is 0 Å². The van der Waals surface area contributed by atoms with Gasteiger partial charge in [0.05, 0.1) is 16.4 Å². The van der Waals surface area contributed by atoms with Gasteiger partial charge < -0.3 is 10.1 Å². The number of nitrogens with zero attached hydrogens (tertiary/aromatic N) is 3. The summed E-state index contributed by atoms with van der Waals surface area (Å²) >= 11 is 12.4. The Bertz CT molecular complexity index is 934. The van der Waals surface area contributed by atoms with Crippen molar-refractivity contribution in [2.45, 2.75) is 12.4 Å². The first-order valence-corrected chi connectivity index (χ1v) is 9.70. The van der Waals surface area contributed by atoms with Crippen LogP contribution in [-0.2, 0) is 21.7 Å². The Morgan fingerprint density at radius 3 is 2.44 bits per heavy atom. The van der Waals surface area contributed by atoms with Gasteiger partial charge in [0.1, 0.15) is 22.7 Å². The monoisotopic (exact) mass is 439 g/mol. The molecule has 3 unspecified atom stereocenters. The predicted octanol–water partition coefficient (Wildman–Crippen LogP) is 3.34. The maximum Gasteiger partial charge on any atom is 0.416 e. The molecule has 144 valence electrons. The fourth-order valence-electron chi connectivity index (χ4n) is 3.19. The van der Waals surface area contributed by atoms with E-state index in [1.54, 1.807) is 0 Å². The van der Waals surface area contributed by atoms with Crippen LogP contribution in [0, 0.1) is 11.3 Å². The summed E-state index contributed by atoms with van der Waals surface area (Å²) in [6, 6.07) is 3.33. The highest BCUT2D eigenvalue weighted by molar-refractivity contribution is 7.89. The lowest BCUT2D eigenvalue weighted by molar-refractivity contribution is -0.137. The first kappa shape index (κ1) is 20.1. The molecule has 0 aromatic heterocycles. The minimum absolute atomic E-state index is 0.00591. The highest BCUT2D eigenvalue weighted by Crippen LogP contribution is 2.50. The molecule has 0 amide bonds. The molecule has 0 bridgehead atoms. The van der Waals surface area contributed by atoms with Crippen molar-refractivity contribution in [3.05, 3.63) is 38.5 Å². The Morgan fingerprint density at radius 1 is 1.41 bits per heavy atom. The Labute approximate surface area is 164 Å². The molecule has 3 rings (SSSR count). The summed E-state index contributed by atoms with van der Waals surface area (Å²) in [7, 11) is -0.225. The number of ether oxygens (including phenoxy) is 1. The second-order valence-electron chi connectivity index (χ2n) is 5.74. The molecule has 12 heteroatoms. The zero-order valence-electron chi connectivity index (χ0n) is 13.9. The fourth-order valence-corrected chi connectivity index (χ4v) is 4.77. The van der Waals surface area contributed by atoms with Crippen molar-refractivity contribution < 1.29 is 22.1 Å². The van der Waals surface area contributed by atoms with Crippen molar-refractivity contribution in [1.29, 1.82) is 5.26 Å². The largest absolute Gasteiger partial charge is 0.416 e. The summed E-state index contributed by atoms with van der Waals surface area (Å²) in [5, 5.41) is 16.1. The van der Waals surface area contributed by atoms with E-state index in [-0.39, 0.29) is 38.7 Å². The Morgan fingerprint density at radius 2 is 2.00 bits per heavy atom. The second kappa shape index (κ2) is 6.76. The molecule has 6 nitrogen and oxygen atoms in total.